The zero-order valence-corrected chi connectivity index (χ0v) is 17.7. The fourth-order valence-corrected chi connectivity index (χ4v) is 3.54. The molecule has 6 heteroatoms. The largest absolute Gasteiger partial charge is 0.493 e. The summed E-state index contributed by atoms with van der Waals surface area (Å²) < 4.78 is 16.6. The lowest BCUT2D eigenvalue weighted by Gasteiger charge is -2.31. The van der Waals surface area contributed by atoms with Crippen molar-refractivity contribution >= 4 is 5.91 Å². The third kappa shape index (κ3) is 5.21. The zero-order valence-electron chi connectivity index (χ0n) is 17.7. The highest BCUT2D eigenvalue weighted by atomic mass is 16.5. The summed E-state index contributed by atoms with van der Waals surface area (Å²) in [5, 5.41) is 0. The Morgan fingerprint density at radius 2 is 1.76 bits per heavy atom. The normalized spacial score (nSPS) is 13.2. The predicted molar refractivity (Wildman–Crippen MR) is 113 cm³/mol. The molecular formula is C23H30N2O4. The maximum Gasteiger partial charge on any atom is 0.237 e. The van der Waals surface area contributed by atoms with Gasteiger partial charge in [0.1, 0.15) is 12.4 Å². The molecule has 3 rings (SSSR count). The number of benzene rings is 2. The molecule has 0 saturated carbocycles. The molecule has 0 radical (unpaired) electrons. The number of likely N-dealkylation sites (N-methyl/N-ethyl adjacent to an activating group) is 1. The van der Waals surface area contributed by atoms with Crippen LogP contribution in [-0.2, 0) is 17.8 Å². The number of nitrogens with zero attached hydrogens (tertiary/aromatic N) is 2. The maximum absolute atomic E-state index is 12.8. The van der Waals surface area contributed by atoms with Crippen molar-refractivity contribution < 1.29 is 19.0 Å². The number of hydrogen-bond donors (Lipinski definition) is 0. The monoisotopic (exact) mass is 398 g/mol. The van der Waals surface area contributed by atoms with Crippen molar-refractivity contribution in [1.29, 1.82) is 0 Å². The minimum atomic E-state index is 0.129. The number of fused-ring (bicyclic) bond motifs is 1. The van der Waals surface area contributed by atoms with Gasteiger partial charge in [0.25, 0.3) is 0 Å². The quantitative estimate of drug-likeness (QED) is 0.684. The standard InChI is InChI=1S/C23H30N2O4/c1-17-7-5-6-8-20(17)29-12-11-24(2)16-23(26)25-10-9-18-13-21(27-3)22(28-4)14-19(18)15-25/h5-8,13-14H,9-12,15-16H2,1-4H3. The van der Waals surface area contributed by atoms with Gasteiger partial charge in [-0.25, -0.2) is 0 Å². The van der Waals surface area contributed by atoms with E-state index in [1.54, 1.807) is 14.2 Å². The van der Waals surface area contributed by atoms with Crippen LogP contribution in [-0.4, -0.2) is 63.2 Å². The summed E-state index contributed by atoms with van der Waals surface area (Å²) in [6.45, 7) is 4.96. The molecule has 6 nitrogen and oxygen atoms in total. The number of rotatable bonds is 8. The molecule has 0 atom stereocenters. The molecule has 0 aliphatic carbocycles. The van der Waals surface area contributed by atoms with Crippen LogP contribution < -0.4 is 14.2 Å². The lowest BCUT2D eigenvalue weighted by Crippen LogP contribution is -2.42. The van der Waals surface area contributed by atoms with E-state index in [9.17, 15) is 4.79 Å². The molecule has 1 amide bonds. The molecule has 0 N–H and O–H groups in total. The molecule has 2 aromatic rings. The van der Waals surface area contributed by atoms with Crippen molar-refractivity contribution in [3.05, 3.63) is 53.1 Å². The topological polar surface area (TPSA) is 51.2 Å². The molecule has 0 bridgehead atoms. The van der Waals surface area contributed by atoms with Gasteiger partial charge < -0.3 is 19.1 Å². The number of methoxy groups -OCH3 is 2. The molecule has 0 aromatic heterocycles. The number of para-hydroxylation sites is 1. The Morgan fingerprint density at radius 3 is 2.45 bits per heavy atom. The van der Waals surface area contributed by atoms with Gasteiger partial charge in [-0.05, 0) is 55.3 Å². The summed E-state index contributed by atoms with van der Waals surface area (Å²) in [7, 11) is 5.22. The number of hydrogen-bond acceptors (Lipinski definition) is 5. The highest BCUT2D eigenvalue weighted by Crippen LogP contribution is 2.33. The van der Waals surface area contributed by atoms with Gasteiger partial charge in [-0.15, -0.1) is 0 Å². The van der Waals surface area contributed by atoms with Crippen LogP contribution in [0.25, 0.3) is 0 Å². The molecule has 29 heavy (non-hydrogen) atoms. The van der Waals surface area contributed by atoms with Gasteiger partial charge in [0.05, 0.1) is 20.8 Å². The van der Waals surface area contributed by atoms with Crippen molar-refractivity contribution in [1.82, 2.24) is 9.80 Å². The van der Waals surface area contributed by atoms with Crippen LogP contribution in [0, 0.1) is 6.92 Å². The number of aryl methyl sites for hydroxylation is 1. The lowest BCUT2D eigenvalue weighted by atomic mass is 9.98. The first kappa shape index (κ1) is 21.0. The molecule has 0 spiro atoms. The minimum absolute atomic E-state index is 0.129. The molecule has 2 aromatic carbocycles. The fraction of sp³-hybridized carbons (Fsp3) is 0.435. The summed E-state index contributed by atoms with van der Waals surface area (Å²) >= 11 is 0. The van der Waals surface area contributed by atoms with Crippen molar-refractivity contribution in [3.8, 4) is 17.2 Å². The van der Waals surface area contributed by atoms with E-state index in [1.807, 2.05) is 60.2 Å². The van der Waals surface area contributed by atoms with Gasteiger partial charge in [0.15, 0.2) is 11.5 Å². The summed E-state index contributed by atoms with van der Waals surface area (Å²) in [5.74, 6) is 2.46. The van der Waals surface area contributed by atoms with Crippen LogP contribution in [0.1, 0.15) is 16.7 Å². The summed E-state index contributed by atoms with van der Waals surface area (Å²) in [6.07, 6.45) is 0.821. The van der Waals surface area contributed by atoms with E-state index in [1.165, 1.54) is 5.56 Å². The van der Waals surface area contributed by atoms with Crippen molar-refractivity contribution in [2.45, 2.75) is 19.9 Å². The molecule has 1 heterocycles. The third-order valence-electron chi connectivity index (χ3n) is 5.30. The van der Waals surface area contributed by atoms with E-state index >= 15 is 0 Å². The first-order chi connectivity index (χ1) is 14.0. The van der Waals surface area contributed by atoms with Crippen molar-refractivity contribution in [2.75, 3.05) is 47.5 Å². The maximum atomic E-state index is 12.8. The third-order valence-corrected chi connectivity index (χ3v) is 5.30. The van der Waals surface area contributed by atoms with E-state index in [0.717, 1.165) is 35.6 Å². The number of amides is 1. The Balaban J connectivity index is 1.51. The summed E-state index contributed by atoms with van der Waals surface area (Å²) in [6, 6.07) is 12.0. The second kappa shape index (κ2) is 9.65. The predicted octanol–water partition coefficient (Wildman–Crippen LogP) is 2.91. The van der Waals surface area contributed by atoms with Crippen molar-refractivity contribution in [3.63, 3.8) is 0 Å². The second-order valence-corrected chi connectivity index (χ2v) is 7.39. The SMILES string of the molecule is COc1cc2c(cc1OC)CN(C(=O)CN(C)CCOc1ccccc1C)CC2. The van der Waals surface area contributed by atoms with Gasteiger partial charge >= 0.3 is 0 Å². The number of carbonyl (C=O) groups is 1. The van der Waals surface area contributed by atoms with Gasteiger partial charge in [0, 0.05) is 19.6 Å². The molecule has 0 fully saturated rings. The van der Waals surface area contributed by atoms with Crippen LogP contribution in [0.5, 0.6) is 17.2 Å². The Morgan fingerprint density at radius 1 is 1.07 bits per heavy atom. The lowest BCUT2D eigenvalue weighted by molar-refractivity contribution is -0.133. The van der Waals surface area contributed by atoms with Crippen LogP contribution in [0.2, 0.25) is 0 Å². The van der Waals surface area contributed by atoms with Crippen LogP contribution in [0.4, 0.5) is 0 Å². The number of ether oxygens (including phenoxy) is 3. The molecule has 0 unspecified atom stereocenters. The van der Waals surface area contributed by atoms with E-state index in [-0.39, 0.29) is 5.91 Å². The average Bonchev–Trinajstić information content (AvgIpc) is 2.73. The smallest absolute Gasteiger partial charge is 0.237 e. The van der Waals surface area contributed by atoms with Crippen molar-refractivity contribution in [2.24, 2.45) is 0 Å². The average molecular weight is 399 g/mol. The molecule has 1 aliphatic rings. The first-order valence-corrected chi connectivity index (χ1v) is 9.90. The highest BCUT2D eigenvalue weighted by molar-refractivity contribution is 5.78. The zero-order chi connectivity index (χ0) is 20.8. The minimum Gasteiger partial charge on any atom is -0.493 e. The van der Waals surface area contributed by atoms with Gasteiger partial charge in [-0.2, -0.15) is 0 Å². The van der Waals surface area contributed by atoms with Crippen LogP contribution in [0.3, 0.4) is 0 Å². The van der Waals surface area contributed by atoms with Gasteiger partial charge in [-0.1, -0.05) is 18.2 Å². The molecule has 156 valence electrons. The van der Waals surface area contributed by atoms with E-state index in [2.05, 4.69) is 0 Å². The Labute approximate surface area is 173 Å². The second-order valence-electron chi connectivity index (χ2n) is 7.39. The molecule has 1 aliphatic heterocycles. The Bertz CT molecular complexity index is 853. The van der Waals surface area contributed by atoms with Gasteiger partial charge in [-0.3, -0.25) is 9.69 Å². The summed E-state index contributed by atoms with van der Waals surface area (Å²) in [4.78, 5) is 16.7. The fourth-order valence-electron chi connectivity index (χ4n) is 3.54. The van der Waals surface area contributed by atoms with Gasteiger partial charge in [0.2, 0.25) is 5.91 Å². The van der Waals surface area contributed by atoms with E-state index < -0.39 is 0 Å². The highest BCUT2D eigenvalue weighted by Gasteiger charge is 2.23. The number of carbonyl (C=O) groups excluding carboxylic acids is 1. The van der Waals surface area contributed by atoms with Crippen LogP contribution >= 0.6 is 0 Å². The van der Waals surface area contributed by atoms with Crippen LogP contribution in [0.15, 0.2) is 36.4 Å². The Kier molecular flexibility index (Phi) is 6.99. The van der Waals surface area contributed by atoms with E-state index in [4.69, 9.17) is 14.2 Å². The van der Waals surface area contributed by atoms with E-state index in [0.29, 0.717) is 32.0 Å². The molecular weight excluding hydrogens is 368 g/mol. The summed E-state index contributed by atoms with van der Waals surface area (Å²) in [5.41, 5.74) is 3.45. The Hall–Kier alpha value is -2.73. The molecule has 0 saturated heterocycles. The first-order valence-electron chi connectivity index (χ1n) is 9.90.